The van der Waals surface area contributed by atoms with Crippen LogP contribution in [0.4, 0.5) is 0 Å². The molecule has 3 rings (SSSR count). The number of aromatic amines is 1. The first-order valence-electron chi connectivity index (χ1n) is 7.03. The van der Waals surface area contributed by atoms with Crippen molar-refractivity contribution in [2.24, 2.45) is 0 Å². The molecule has 1 aliphatic rings. The Kier molecular flexibility index (Phi) is 3.69. The van der Waals surface area contributed by atoms with Gasteiger partial charge in [0.2, 0.25) is 0 Å². The lowest BCUT2D eigenvalue weighted by Gasteiger charge is -2.24. The highest BCUT2D eigenvalue weighted by molar-refractivity contribution is 5.36. The average molecular weight is 272 g/mol. The molecule has 1 aromatic heterocycles. The van der Waals surface area contributed by atoms with Gasteiger partial charge in [-0.05, 0) is 32.4 Å². The lowest BCUT2D eigenvalue weighted by atomic mass is 10.0. The molecule has 5 nitrogen and oxygen atoms in total. The van der Waals surface area contributed by atoms with E-state index in [9.17, 15) is 0 Å². The van der Waals surface area contributed by atoms with Gasteiger partial charge in [0.15, 0.2) is 5.82 Å². The quantitative estimate of drug-likeness (QED) is 0.929. The number of hydrogen-bond acceptors (Lipinski definition) is 4. The minimum Gasteiger partial charge on any atom is -0.496 e. The van der Waals surface area contributed by atoms with E-state index in [1.165, 1.54) is 12.0 Å². The van der Waals surface area contributed by atoms with Crippen LogP contribution in [0.25, 0.3) is 0 Å². The van der Waals surface area contributed by atoms with Gasteiger partial charge in [0, 0.05) is 11.6 Å². The Balaban J connectivity index is 1.81. The zero-order valence-electron chi connectivity index (χ0n) is 12.0. The number of rotatable bonds is 4. The van der Waals surface area contributed by atoms with Crippen LogP contribution in [-0.2, 0) is 6.54 Å². The summed E-state index contributed by atoms with van der Waals surface area (Å²) in [5.74, 6) is 2.70. The summed E-state index contributed by atoms with van der Waals surface area (Å²) in [6.45, 7) is 3.79. The molecule has 1 unspecified atom stereocenters. The Morgan fingerprint density at radius 1 is 1.40 bits per heavy atom. The molecule has 2 aromatic rings. The maximum Gasteiger partial charge on any atom is 0.164 e. The molecule has 1 aliphatic heterocycles. The summed E-state index contributed by atoms with van der Waals surface area (Å²) >= 11 is 0. The average Bonchev–Trinajstić information content (AvgIpc) is 3.08. The van der Waals surface area contributed by atoms with Gasteiger partial charge in [-0.15, -0.1) is 0 Å². The predicted molar refractivity (Wildman–Crippen MR) is 76.5 cm³/mol. The number of aryl methyl sites for hydroxylation is 1. The number of ether oxygens (including phenoxy) is 1. The van der Waals surface area contributed by atoms with Crippen molar-refractivity contribution in [3.8, 4) is 5.75 Å². The van der Waals surface area contributed by atoms with Crippen LogP contribution in [0.5, 0.6) is 5.75 Å². The summed E-state index contributed by atoms with van der Waals surface area (Å²) in [4.78, 5) is 6.84. The van der Waals surface area contributed by atoms with Gasteiger partial charge in [-0.25, -0.2) is 4.98 Å². The fraction of sp³-hybridized carbons (Fsp3) is 0.467. The van der Waals surface area contributed by atoms with Gasteiger partial charge in [-0.1, -0.05) is 18.2 Å². The van der Waals surface area contributed by atoms with Gasteiger partial charge in [-0.3, -0.25) is 10.00 Å². The molecule has 1 saturated heterocycles. The van der Waals surface area contributed by atoms with Crippen molar-refractivity contribution in [2.45, 2.75) is 32.4 Å². The number of nitrogens with zero attached hydrogens (tertiary/aromatic N) is 3. The normalized spacial score (nSPS) is 19.4. The molecule has 5 heteroatoms. The second-order valence-electron chi connectivity index (χ2n) is 5.21. The number of aromatic nitrogens is 3. The van der Waals surface area contributed by atoms with Crippen molar-refractivity contribution in [1.29, 1.82) is 0 Å². The minimum absolute atomic E-state index is 0.393. The summed E-state index contributed by atoms with van der Waals surface area (Å²) in [6, 6.07) is 8.67. The molecule has 1 atom stereocenters. The van der Waals surface area contributed by atoms with Crippen LogP contribution >= 0.6 is 0 Å². The third kappa shape index (κ3) is 2.54. The fourth-order valence-corrected chi connectivity index (χ4v) is 2.95. The second-order valence-corrected chi connectivity index (χ2v) is 5.21. The third-order valence-electron chi connectivity index (χ3n) is 3.85. The molecule has 0 bridgehead atoms. The molecule has 20 heavy (non-hydrogen) atoms. The van der Waals surface area contributed by atoms with Gasteiger partial charge >= 0.3 is 0 Å². The van der Waals surface area contributed by atoms with Crippen LogP contribution in [0, 0.1) is 6.92 Å². The first-order valence-corrected chi connectivity index (χ1v) is 7.03. The lowest BCUT2D eigenvalue weighted by molar-refractivity contribution is 0.237. The van der Waals surface area contributed by atoms with Crippen molar-refractivity contribution in [3.63, 3.8) is 0 Å². The Hall–Kier alpha value is -1.88. The summed E-state index contributed by atoms with van der Waals surface area (Å²) in [7, 11) is 1.73. The maximum absolute atomic E-state index is 5.50. The minimum atomic E-state index is 0.393. The monoisotopic (exact) mass is 272 g/mol. The molecule has 0 aliphatic carbocycles. The van der Waals surface area contributed by atoms with Crippen LogP contribution in [0.3, 0.4) is 0 Å². The number of likely N-dealkylation sites (tertiary alicyclic amines) is 1. The summed E-state index contributed by atoms with van der Waals surface area (Å²) in [5, 5.41) is 7.15. The van der Waals surface area contributed by atoms with Gasteiger partial charge in [0.25, 0.3) is 0 Å². The summed E-state index contributed by atoms with van der Waals surface area (Å²) in [6.07, 6.45) is 2.36. The molecule has 0 radical (unpaired) electrons. The van der Waals surface area contributed by atoms with Crippen LogP contribution in [0.2, 0.25) is 0 Å². The Morgan fingerprint density at radius 2 is 2.25 bits per heavy atom. The van der Waals surface area contributed by atoms with E-state index >= 15 is 0 Å². The molecule has 2 heterocycles. The van der Waals surface area contributed by atoms with Crippen molar-refractivity contribution in [1.82, 2.24) is 20.1 Å². The number of benzene rings is 1. The summed E-state index contributed by atoms with van der Waals surface area (Å²) in [5.41, 5.74) is 1.26. The number of nitrogens with one attached hydrogen (secondary N) is 1. The zero-order chi connectivity index (χ0) is 13.9. The molecular formula is C15H20N4O. The van der Waals surface area contributed by atoms with E-state index < -0.39 is 0 Å². The van der Waals surface area contributed by atoms with Crippen LogP contribution < -0.4 is 4.74 Å². The van der Waals surface area contributed by atoms with E-state index in [2.05, 4.69) is 32.2 Å². The van der Waals surface area contributed by atoms with E-state index in [0.29, 0.717) is 6.04 Å². The highest BCUT2D eigenvalue weighted by Gasteiger charge is 2.28. The smallest absolute Gasteiger partial charge is 0.164 e. The predicted octanol–water partition coefficient (Wildman–Crippen LogP) is 2.46. The molecule has 0 spiro atoms. The number of methoxy groups -OCH3 is 1. The van der Waals surface area contributed by atoms with Crippen LogP contribution in [-0.4, -0.2) is 33.7 Å². The van der Waals surface area contributed by atoms with E-state index in [0.717, 1.165) is 36.9 Å². The molecule has 0 saturated carbocycles. The molecule has 1 aromatic carbocycles. The Bertz CT molecular complexity index is 581. The topological polar surface area (TPSA) is 54.0 Å². The van der Waals surface area contributed by atoms with E-state index in [-0.39, 0.29) is 0 Å². The first kappa shape index (κ1) is 13.1. The first-order chi connectivity index (χ1) is 9.78. The van der Waals surface area contributed by atoms with Crippen molar-refractivity contribution in [2.75, 3.05) is 13.7 Å². The standard InChI is InChI=1S/C15H20N4O/c1-11-16-15(18-17-11)10-19-9-5-7-13(19)12-6-3-4-8-14(12)20-2/h3-4,6,8,13H,5,7,9-10H2,1-2H3,(H,16,17,18). The third-order valence-corrected chi connectivity index (χ3v) is 3.85. The van der Waals surface area contributed by atoms with Crippen molar-refractivity contribution in [3.05, 3.63) is 41.5 Å². The van der Waals surface area contributed by atoms with Crippen molar-refractivity contribution < 1.29 is 4.74 Å². The van der Waals surface area contributed by atoms with Gasteiger partial charge in [-0.2, -0.15) is 5.10 Å². The molecule has 1 N–H and O–H groups in total. The highest BCUT2D eigenvalue weighted by atomic mass is 16.5. The van der Waals surface area contributed by atoms with Gasteiger partial charge in [0.1, 0.15) is 11.6 Å². The van der Waals surface area contributed by atoms with Crippen LogP contribution in [0.15, 0.2) is 24.3 Å². The fourth-order valence-electron chi connectivity index (χ4n) is 2.95. The van der Waals surface area contributed by atoms with Gasteiger partial charge < -0.3 is 4.74 Å². The van der Waals surface area contributed by atoms with Crippen LogP contribution in [0.1, 0.15) is 36.1 Å². The molecule has 0 amide bonds. The lowest BCUT2D eigenvalue weighted by Crippen LogP contribution is -2.23. The zero-order valence-corrected chi connectivity index (χ0v) is 12.0. The molecule has 106 valence electrons. The number of hydrogen-bond donors (Lipinski definition) is 1. The second kappa shape index (κ2) is 5.63. The maximum atomic E-state index is 5.50. The van der Waals surface area contributed by atoms with E-state index in [4.69, 9.17) is 4.74 Å². The van der Waals surface area contributed by atoms with E-state index in [1.807, 2.05) is 19.1 Å². The SMILES string of the molecule is COc1ccccc1C1CCCN1Cc1n[nH]c(C)n1. The summed E-state index contributed by atoms with van der Waals surface area (Å²) < 4.78 is 5.50. The Morgan fingerprint density at radius 3 is 3.00 bits per heavy atom. The molecule has 1 fully saturated rings. The van der Waals surface area contributed by atoms with E-state index in [1.54, 1.807) is 7.11 Å². The number of para-hydroxylation sites is 1. The van der Waals surface area contributed by atoms with Crippen molar-refractivity contribution >= 4 is 0 Å². The molecular weight excluding hydrogens is 252 g/mol. The Labute approximate surface area is 119 Å². The highest BCUT2D eigenvalue weighted by Crippen LogP contribution is 2.37. The largest absolute Gasteiger partial charge is 0.496 e. The van der Waals surface area contributed by atoms with Gasteiger partial charge in [0.05, 0.1) is 13.7 Å². The number of H-pyrrole nitrogens is 1.